The minimum atomic E-state index is -0.0127. The van der Waals surface area contributed by atoms with Crippen LogP contribution in [0.15, 0.2) is 115 Å². The van der Waals surface area contributed by atoms with Gasteiger partial charge in [-0.25, -0.2) is 0 Å². The van der Waals surface area contributed by atoms with Crippen molar-refractivity contribution in [2.75, 3.05) is 0 Å². The first kappa shape index (κ1) is 26.4. The van der Waals surface area contributed by atoms with Crippen LogP contribution in [-0.2, 0) is 0 Å². The van der Waals surface area contributed by atoms with Crippen LogP contribution in [0.25, 0.3) is 44.7 Å². The van der Waals surface area contributed by atoms with Crippen molar-refractivity contribution in [3.63, 3.8) is 0 Å². The molecule has 1 aliphatic carbocycles. The lowest BCUT2D eigenvalue weighted by atomic mass is 9.93. The molecule has 0 N–H and O–H groups in total. The van der Waals surface area contributed by atoms with Crippen molar-refractivity contribution in [3.8, 4) is 33.8 Å². The van der Waals surface area contributed by atoms with Crippen LogP contribution in [0.2, 0.25) is 5.02 Å². The number of aromatic nitrogens is 3. The van der Waals surface area contributed by atoms with Crippen molar-refractivity contribution in [1.82, 2.24) is 14.8 Å². The Balaban J connectivity index is 1.68. The van der Waals surface area contributed by atoms with Crippen LogP contribution in [0, 0.1) is 0 Å². The fourth-order valence-corrected chi connectivity index (χ4v) is 6.51. The number of fused-ring (bicyclic) bond motifs is 1. The Morgan fingerprint density at radius 3 is 1.83 bits per heavy atom. The number of carbonyl (C=O) groups is 1. The number of ketones is 1. The number of hydrogen-bond donors (Lipinski definition) is 0. The van der Waals surface area contributed by atoms with E-state index in [9.17, 15) is 4.79 Å². The van der Waals surface area contributed by atoms with E-state index in [0.29, 0.717) is 21.8 Å². The predicted octanol–water partition coefficient (Wildman–Crippen LogP) is 9.82. The summed E-state index contributed by atoms with van der Waals surface area (Å²) in [6.45, 7) is 0. The molecule has 42 heavy (non-hydrogen) atoms. The van der Waals surface area contributed by atoms with Crippen LogP contribution in [0.5, 0.6) is 0 Å². The molecule has 1 fully saturated rings. The highest BCUT2D eigenvalue weighted by molar-refractivity contribution is 6.30. The SMILES string of the molecule is O=C(c1ccccc1)c1c(-c2ccccc2)n(C2CCCCC2)c2c(-c3ccc(Cl)cc3)nnc(-c3ccccc3)c12. The standard InChI is InChI=1S/C37H30ClN3O/c38-29-23-21-26(22-24-29)34-36-31(33(39-40-34)25-13-5-1-6-14-25)32(37(42)28-17-9-3-10-18-28)35(27-15-7-2-8-16-27)41(36)30-19-11-4-12-20-30/h1-3,5-10,13-18,21-24,30H,4,11-12,19-20H2. The summed E-state index contributed by atoms with van der Waals surface area (Å²) in [7, 11) is 0. The van der Waals surface area contributed by atoms with E-state index >= 15 is 0 Å². The summed E-state index contributed by atoms with van der Waals surface area (Å²) in [6.07, 6.45) is 5.63. The zero-order chi connectivity index (χ0) is 28.5. The van der Waals surface area contributed by atoms with Crippen molar-refractivity contribution < 1.29 is 4.79 Å². The van der Waals surface area contributed by atoms with E-state index in [0.717, 1.165) is 64.7 Å². The maximum Gasteiger partial charge on any atom is 0.195 e. The second-order valence-electron chi connectivity index (χ2n) is 10.9. The van der Waals surface area contributed by atoms with Gasteiger partial charge in [0.2, 0.25) is 0 Å². The van der Waals surface area contributed by atoms with Gasteiger partial charge in [-0.05, 0) is 30.5 Å². The van der Waals surface area contributed by atoms with E-state index in [-0.39, 0.29) is 11.8 Å². The van der Waals surface area contributed by atoms with Gasteiger partial charge in [0.1, 0.15) is 11.4 Å². The Kier molecular flexibility index (Phi) is 7.15. The van der Waals surface area contributed by atoms with Crippen molar-refractivity contribution >= 4 is 28.3 Å². The lowest BCUT2D eigenvalue weighted by Gasteiger charge is -2.27. The topological polar surface area (TPSA) is 47.8 Å². The Hall–Kier alpha value is -4.54. The van der Waals surface area contributed by atoms with Gasteiger partial charge in [-0.3, -0.25) is 4.79 Å². The Bertz CT molecular complexity index is 1860. The van der Waals surface area contributed by atoms with Crippen LogP contribution < -0.4 is 0 Å². The minimum absolute atomic E-state index is 0.0127. The highest BCUT2D eigenvalue weighted by Crippen LogP contribution is 2.46. The number of carbonyl (C=O) groups excluding carboxylic acids is 1. The van der Waals surface area contributed by atoms with Crippen LogP contribution >= 0.6 is 11.6 Å². The third kappa shape index (κ3) is 4.72. The van der Waals surface area contributed by atoms with E-state index in [2.05, 4.69) is 16.7 Å². The lowest BCUT2D eigenvalue weighted by molar-refractivity contribution is 0.104. The minimum Gasteiger partial charge on any atom is -0.335 e. The summed E-state index contributed by atoms with van der Waals surface area (Å²) < 4.78 is 2.44. The monoisotopic (exact) mass is 567 g/mol. The molecule has 0 amide bonds. The molecular formula is C37H30ClN3O. The first-order valence-corrected chi connectivity index (χ1v) is 15.0. The summed E-state index contributed by atoms with van der Waals surface area (Å²) in [5.41, 5.74) is 7.57. The quantitative estimate of drug-likeness (QED) is 0.188. The average molecular weight is 568 g/mol. The molecule has 1 aliphatic rings. The number of nitrogens with zero attached hydrogens (tertiary/aromatic N) is 3. The number of hydrogen-bond acceptors (Lipinski definition) is 3. The fourth-order valence-electron chi connectivity index (χ4n) is 6.39. The van der Waals surface area contributed by atoms with Gasteiger partial charge in [-0.15, -0.1) is 10.2 Å². The van der Waals surface area contributed by atoms with Crippen molar-refractivity contribution in [2.45, 2.75) is 38.1 Å². The van der Waals surface area contributed by atoms with Crippen LogP contribution in [-0.4, -0.2) is 20.5 Å². The Morgan fingerprint density at radius 2 is 1.19 bits per heavy atom. The predicted molar refractivity (Wildman–Crippen MR) is 171 cm³/mol. The molecule has 0 radical (unpaired) electrons. The number of halogens is 1. The first-order valence-electron chi connectivity index (χ1n) is 14.6. The molecule has 1 saturated carbocycles. The van der Waals surface area contributed by atoms with E-state index in [1.807, 2.05) is 103 Å². The van der Waals surface area contributed by atoms with Gasteiger partial charge in [-0.2, -0.15) is 0 Å². The van der Waals surface area contributed by atoms with Crippen LogP contribution in [0.1, 0.15) is 54.1 Å². The van der Waals surface area contributed by atoms with Gasteiger partial charge in [0.05, 0.1) is 16.8 Å². The largest absolute Gasteiger partial charge is 0.335 e. The maximum atomic E-state index is 14.7. The van der Waals surface area contributed by atoms with E-state index in [1.54, 1.807) is 0 Å². The molecule has 206 valence electrons. The number of rotatable bonds is 6. The second kappa shape index (κ2) is 11.4. The molecule has 5 heteroatoms. The summed E-state index contributed by atoms with van der Waals surface area (Å²) in [5.74, 6) is -0.0127. The summed E-state index contributed by atoms with van der Waals surface area (Å²) in [5, 5.41) is 11.3. The third-order valence-corrected chi connectivity index (χ3v) is 8.58. The molecule has 4 nitrogen and oxygen atoms in total. The van der Waals surface area contributed by atoms with Gasteiger partial charge in [0.25, 0.3) is 0 Å². The molecule has 2 aromatic heterocycles. The molecule has 0 unspecified atom stereocenters. The first-order chi connectivity index (χ1) is 20.7. The fraction of sp³-hybridized carbons (Fsp3) is 0.162. The second-order valence-corrected chi connectivity index (χ2v) is 11.4. The molecule has 2 heterocycles. The molecule has 4 aromatic carbocycles. The van der Waals surface area contributed by atoms with Crippen molar-refractivity contribution in [3.05, 3.63) is 131 Å². The molecule has 0 bridgehead atoms. The van der Waals surface area contributed by atoms with Gasteiger partial charge in [0, 0.05) is 33.1 Å². The summed E-state index contributed by atoms with van der Waals surface area (Å²) >= 11 is 6.31. The van der Waals surface area contributed by atoms with Crippen LogP contribution in [0.3, 0.4) is 0 Å². The molecular weight excluding hydrogens is 538 g/mol. The summed E-state index contributed by atoms with van der Waals surface area (Å²) in [4.78, 5) is 14.7. The van der Waals surface area contributed by atoms with Gasteiger partial charge in [0.15, 0.2) is 5.78 Å². The van der Waals surface area contributed by atoms with Gasteiger partial charge in [-0.1, -0.05) is 134 Å². The van der Waals surface area contributed by atoms with Crippen LogP contribution in [0.4, 0.5) is 0 Å². The van der Waals surface area contributed by atoms with E-state index in [4.69, 9.17) is 21.8 Å². The molecule has 0 spiro atoms. The Labute approximate surface area is 250 Å². The maximum absolute atomic E-state index is 14.7. The molecule has 0 saturated heterocycles. The van der Waals surface area contributed by atoms with E-state index in [1.165, 1.54) is 6.42 Å². The molecule has 6 aromatic rings. The highest BCUT2D eigenvalue weighted by Gasteiger charge is 2.33. The van der Waals surface area contributed by atoms with Gasteiger partial charge >= 0.3 is 0 Å². The third-order valence-electron chi connectivity index (χ3n) is 8.33. The Morgan fingerprint density at radius 1 is 0.643 bits per heavy atom. The zero-order valence-corrected chi connectivity index (χ0v) is 24.0. The molecule has 7 rings (SSSR count). The normalized spacial score (nSPS) is 13.8. The van der Waals surface area contributed by atoms with Gasteiger partial charge < -0.3 is 4.57 Å². The zero-order valence-electron chi connectivity index (χ0n) is 23.2. The lowest BCUT2D eigenvalue weighted by Crippen LogP contribution is -2.15. The van der Waals surface area contributed by atoms with Crippen molar-refractivity contribution in [2.24, 2.45) is 0 Å². The average Bonchev–Trinajstić information content (AvgIpc) is 3.42. The summed E-state index contributed by atoms with van der Waals surface area (Å²) in [6, 6.07) is 38.0. The van der Waals surface area contributed by atoms with E-state index < -0.39 is 0 Å². The smallest absolute Gasteiger partial charge is 0.195 e. The highest BCUT2D eigenvalue weighted by atomic mass is 35.5. The number of benzene rings is 4. The van der Waals surface area contributed by atoms with Crippen molar-refractivity contribution in [1.29, 1.82) is 0 Å². The molecule has 0 atom stereocenters. The molecule has 0 aliphatic heterocycles.